The zero-order valence-corrected chi connectivity index (χ0v) is 15.4. The maximum atomic E-state index is 14.5. The van der Waals surface area contributed by atoms with Crippen molar-refractivity contribution in [2.45, 2.75) is 13.8 Å². The van der Waals surface area contributed by atoms with Crippen molar-refractivity contribution in [3.63, 3.8) is 0 Å². The Morgan fingerprint density at radius 1 is 1.27 bits per heavy atom. The number of hydrogen-bond acceptors (Lipinski definition) is 4. The van der Waals surface area contributed by atoms with Gasteiger partial charge in [-0.2, -0.15) is 0 Å². The molecule has 8 heteroatoms. The summed E-state index contributed by atoms with van der Waals surface area (Å²) in [7, 11) is 0. The predicted octanol–water partition coefficient (Wildman–Crippen LogP) is 4.32. The molecule has 5 nitrogen and oxygen atoms in total. The van der Waals surface area contributed by atoms with Crippen molar-refractivity contribution in [1.82, 2.24) is 9.55 Å². The lowest BCUT2D eigenvalue weighted by molar-refractivity contribution is 0.0524. The molecule has 1 aromatic carbocycles. The largest absolute Gasteiger partial charge is 0.462 e. The molecule has 3 rings (SSSR count). The van der Waals surface area contributed by atoms with Crippen LogP contribution >= 0.6 is 23.2 Å². The fourth-order valence-corrected chi connectivity index (χ4v) is 3.05. The van der Waals surface area contributed by atoms with Gasteiger partial charge in [0.05, 0.1) is 17.3 Å². The van der Waals surface area contributed by atoms with Crippen molar-refractivity contribution in [1.29, 1.82) is 0 Å². The molecule has 0 spiro atoms. The summed E-state index contributed by atoms with van der Waals surface area (Å²) in [6, 6.07) is 7.14. The van der Waals surface area contributed by atoms with E-state index in [4.69, 9.17) is 27.9 Å². The molecule has 0 N–H and O–H groups in total. The number of pyridine rings is 2. The van der Waals surface area contributed by atoms with Gasteiger partial charge in [0.15, 0.2) is 0 Å². The van der Waals surface area contributed by atoms with Crippen molar-refractivity contribution in [3.05, 3.63) is 67.8 Å². The Morgan fingerprint density at radius 3 is 2.65 bits per heavy atom. The Morgan fingerprint density at radius 2 is 2.00 bits per heavy atom. The monoisotopic (exact) mass is 394 g/mol. The molecule has 0 aliphatic rings. The van der Waals surface area contributed by atoms with Crippen molar-refractivity contribution in [3.8, 4) is 5.69 Å². The van der Waals surface area contributed by atoms with E-state index >= 15 is 0 Å². The van der Waals surface area contributed by atoms with E-state index in [2.05, 4.69) is 4.98 Å². The van der Waals surface area contributed by atoms with Crippen LogP contribution in [0.1, 0.15) is 23.0 Å². The van der Waals surface area contributed by atoms with Crippen LogP contribution in [-0.2, 0) is 4.74 Å². The molecular formula is C18H13Cl2FN2O3. The van der Waals surface area contributed by atoms with Gasteiger partial charge in [0.25, 0.3) is 5.56 Å². The van der Waals surface area contributed by atoms with Crippen LogP contribution < -0.4 is 5.56 Å². The van der Waals surface area contributed by atoms with Crippen LogP contribution in [0.5, 0.6) is 0 Å². The van der Waals surface area contributed by atoms with Crippen LogP contribution in [0.25, 0.3) is 16.7 Å². The Hall–Kier alpha value is -2.44. The van der Waals surface area contributed by atoms with Crippen molar-refractivity contribution >= 4 is 40.2 Å². The van der Waals surface area contributed by atoms with Crippen molar-refractivity contribution < 1.29 is 13.9 Å². The lowest BCUT2D eigenvalue weighted by Crippen LogP contribution is -2.28. The number of esters is 1. The van der Waals surface area contributed by atoms with Gasteiger partial charge in [-0.05, 0) is 44.2 Å². The van der Waals surface area contributed by atoms with Gasteiger partial charge in [0.1, 0.15) is 17.0 Å². The van der Waals surface area contributed by atoms with Gasteiger partial charge < -0.3 is 4.74 Å². The number of rotatable bonds is 3. The second-order valence-corrected chi connectivity index (χ2v) is 6.28. The molecule has 0 fully saturated rings. The second-order valence-electron chi connectivity index (χ2n) is 5.47. The number of halogens is 3. The number of aryl methyl sites for hydroxylation is 1. The van der Waals surface area contributed by atoms with Gasteiger partial charge >= 0.3 is 5.97 Å². The molecule has 0 radical (unpaired) electrons. The van der Waals surface area contributed by atoms with Crippen LogP contribution in [0.15, 0.2) is 35.1 Å². The summed E-state index contributed by atoms with van der Waals surface area (Å²) >= 11 is 12.1. The van der Waals surface area contributed by atoms with E-state index < -0.39 is 17.3 Å². The molecule has 134 valence electrons. The molecule has 0 saturated heterocycles. The summed E-state index contributed by atoms with van der Waals surface area (Å²) < 4.78 is 20.4. The summed E-state index contributed by atoms with van der Waals surface area (Å²) in [6.45, 7) is 3.39. The maximum absolute atomic E-state index is 14.5. The number of aromatic nitrogens is 2. The fourth-order valence-electron chi connectivity index (χ4n) is 2.59. The molecule has 26 heavy (non-hydrogen) atoms. The van der Waals surface area contributed by atoms with Gasteiger partial charge in [-0.25, -0.2) is 14.2 Å². The number of ether oxygens (including phenoxy) is 1. The topological polar surface area (TPSA) is 61.2 Å². The number of carbonyl (C=O) groups is 1. The third-order valence-electron chi connectivity index (χ3n) is 3.73. The standard InChI is InChI=1S/C18H13Cl2FN2O3/c1-3-26-18(25)14-15(20)11-6-4-9(2)22-16(11)23(17(14)24)13-7-5-10(19)8-12(13)21/h4-8H,3H2,1-2H3. The quantitative estimate of drug-likeness (QED) is 0.620. The SMILES string of the molecule is CCOC(=O)c1c(Cl)c2ccc(C)nc2n(-c2ccc(Cl)cc2F)c1=O. The van der Waals surface area contributed by atoms with Gasteiger partial charge in [-0.3, -0.25) is 9.36 Å². The Kier molecular flexibility index (Phi) is 4.98. The first-order valence-electron chi connectivity index (χ1n) is 7.69. The number of nitrogens with zero attached hydrogens (tertiary/aromatic N) is 2. The highest BCUT2D eigenvalue weighted by Gasteiger charge is 2.25. The highest BCUT2D eigenvalue weighted by molar-refractivity contribution is 6.38. The number of hydrogen-bond donors (Lipinski definition) is 0. The molecule has 0 aliphatic carbocycles. The average molecular weight is 395 g/mol. The smallest absolute Gasteiger partial charge is 0.345 e. The van der Waals surface area contributed by atoms with Crippen LogP contribution in [0, 0.1) is 12.7 Å². The third-order valence-corrected chi connectivity index (χ3v) is 4.36. The first kappa shape index (κ1) is 18.4. The van der Waals surface area contributed by atoms with Gasteiger partial charge in [-0.15, -0.1) is 0 Å². The van der Waals surface area contributed by atoms with Gasteiger partial charge in [-0.1, -0.05) is 23.2 Å². The van der Waals surface area contributed by atoms with E-state index in [1.54, 1.807) is 26.0 Å². The second kappa shape index (κ2) is 7.05. The Bertz CT molecular complexity index is 1100. The average Bonchev–Trinajstić information content (AvgIpc) is 2.57. The summed E-state index contributed by atoms with van der Waals surface area (Å²) in [6.07, 6.45) is 0. The third kappa shape index (κ3) is 3.06. The highest BCUT2D eigenvalue weighted by atomic mass is 35.5. The summed E-state index contributed by atoms with van der Waals surface area (Å²) in [5, 5.41) is 0.420. The minimum Gasteiger partial charge on any atom is -0.462 e. The van der Waals surface area contributed by atoms with Gasteiger partial charge in [0, 0.05) is 16.1 Å². The molecule has 0 atom stereocenters. The van der Waals surface area contributed by atoms with E-state index in [-0.39, 0.29) is 33.6 Å². The van der Waals surface area contributed by atoms with Crippen molar-refractivity contribution in [2.24, 2.45) is 0 Å². The normalized spacial score (nSPS) is 11.0. The minimum atomic E-state index is -0.881. The Labute approximate surface area is 157 Å². The molecule has 0 aliphatic heterocycles. The molecule has 3 aromatic rings. The lowest BCUT2D eigenvalue weighted by atomic mass is 10.1. The van der Waals surface area contributed by atoms with E-state index in [0.717, 1.165) is 10.6 Å². The van der Waals surface area contributed by atoms with E-state index in [1.807, 2.05) is 0 Å². The zero-order chi connectivity index (χ0) is 19.0. The lowest BCUT2D eigenvalue weighted by Gasteiger charge is -2.15. The van der Waals surface area contributed by atoms with E-state index in [0.29, 0.717) is 11.1 Å². The van der Waals surface area contributed by atoms with Crippen LogP contribution in [-0.4, -0.2) is 22.1 Å². The minimum absolute atomic E-state index is 0.0636. The fraction of sp³-hybridized carbons (Fsp3) is 0.167. The molecule has 2 aromatic heterocycles. The maximum Gasteiger partial charge on any atom is 0.345 e. The summed E-state index contributed by atoms with van der Waals surface area (Å²) in [5.74, 6) is -1.62. The highest BCUT2D eigenvalue weighted by Crippen LogP contribution is 2.28. The molecule has 2 heterocycles. The van der Waals surface area contributed by atoms with E-state index in [9.17, 15) is 14.0 Å². The molecule has 0 unspecified atom stereocenters. The number of carbonyl (C=O) groups excluding carboxylic acids is 1. The first-order valence-corrected chi connectivity index (χ1v) is 8.45. The first-order chi connectivity index (χ1) is 12.3. The van der Waals surface area contributed by atoms with Crippen LogP contribution in [0.2, 0.25) is 10.0 Å². The Balaban J connectivity index is 2.49. The molecular weight excluding hydrogens is 382 g/mol. The summed E-state index contributed by atoms with van der Waals surface area (Å²) in [4.78, 5) is 29.6. The van der Waals surface area contributed by atoms with Crippen molar-refractivity contribution in [2.75, 3.05) is 6.61 Å². The molecule has 0 amide bonds. The van der Waals surface area contributed by atoms with Gasteiger partial charge in [0.2, 0.25) is 0 Å². The predicted molar refractivity (Wildman–Crippen MR) is 98.0 cm³/mol. The van der Waals surface area contributed by atoms with Crippen LogP contribution in [0.3, 0.4) is 0 Å². The van der Waals surface area contributed by atoms with E-state index in [1.165, 1.54) is 12.1 Å². The number of benzene rings is 1. The van der Waals surface area contributed by atoms with Crippen LogP contribution in [0.4, 0.5) is 4.39 Å². The summed E-state index contributed by atoms with van der Waals surface area (Å²) in [5.41, 5.74) is -0.555. The molecule has 0 bridgehead atoms. The zero-order valence-electron chi connectivity index (χ0n) is 13.8. The number of fused-ring (bicyclic) bond motifs is 1. The molecule has 0 saturated carbocycles.